The van der Waals surface area contributed by atoms with Crippen LogP contribution in [0.2, 0.25) is 10.0 Å². The Labute approximate surface area is 161 Å². The van der Waals surface area contributed by atoms with Crippen molar-refractivity contribution in [2.24, 2.45) is 5.10 Å². The van der Waals surface area contributed by atoms with Crippen molar-refractivity contribution >= 4 is 46.9 Å². The van der Waals surface area contributed by atoms with Crippen molar-refractivity contribution in [2.75, 3.05) is 12.4 Å². The van der Waals surface area contributed by atoms with E-state index in [2.05, 4.69) is 15.8 Å². The zero-order chi connectivity index (χ0) is 19.1. The summed E-state index contributed by atoms with van der Waals surface area (Å²) in [6.45, 7) is 1.86. The van der Waals surface area contributed by atoms with Gasteiger partial charge in [0.25, 0.3) is 0 Å². The van der Waals surface area contributed by atoms with E-state index in [9.17, 15) is 9.59 Å². The summed E-state index contributed by atoms with van der Waals surface area (Å²) in [4.78, 5) is 23.7. The Balaban J connectivity index is 1.89. The first-order chi connectivity index (χ1) is 12.4. The first-order valence-corrected chi connectivity index (χ1v) is 8.36. The molecule has 2 rings (SSSR count). The lowest BCUT2D eigenvalue weighted by Gasteiger charge is -2.06. The highest BCUT2D eigenvalue weighted by Gasteiger charge is 2.10. The second-order valence-electron chi connectivity index (χ2n) is 5.37. The van der Waals surface area contributed by atoms with Gasteiger partial charge >= 0.3 is 0 Å². The van der Waals surface area contributed by atoms with Crippen LogP contribution < -0.4 is 15.5 Å². The largest absolute Gasteiger partial charge is 0.496 e. The molecule has 136 valence electrons. The van der Waals surface area contributed by atoms with Crippen molar-refractivity contribution in [1.29, 1.82) is 0 Å². The monoisotopic (exact) mass is 393 g/mol. The van der Waals surface area contributed by atoms with E-state index in [1.165, 1.54) is 13.3 Å². The minimum Gasteiger partial charge on any atom is -0.496 e. The molecule has 0 aromatic heterocycles. The Hall–Kier alpha value is -2.57. The fraction of sp³-hybridized carbons (Fsp3) is 0.167. The Kier molecular flexibility index (Phi) is 7.00. The smallest absolute Gasteiger partial charge is 0.249 e. The van der Waals surface area contributed by atoms with Crippen LogP contribution in [0.3, 0.4) is 0 Å². The normalized spacial score (nSPS) is 10.6. The molecule has 0 heterocycles. The second-order valence-corrected chi connectivity index (χ2v) is 6.21. The Morgan fingerprint density at radius 3 is 2.62 bits per heavy atom. The molecule has 0 radical (unpaired) electrons. The number of carbonyl (C=O) groups is 2. The maximum Gasteiger partial charge on any atom is 0.249 e. The van der Waals surface area contributed by atoms with Crippen molar-refractivity contribution in [3.63, 3.8) is 0 Å². The molecule has 0 saturated carbocycles. The molecule has 0 aliphatic rings. The number of benzene rings is 2. The van der Waals surface area contributed by atoms with Gasteiger partial charge in [-0.3, -0.25) is 9.59 Å². The average molecular weight is 394 g/mol. The first kappa shape index (κ1) is 19.8. The van der Waals surface area contributed by atoms with Gasteiger partial charge < -0.3 is 10.1 Å². The summed E-state index contributed by atoms with van der Waals surface area (Å²) in [7, 11) is 1.51. The Morgan fingerprint density at radius 2 is 1.92 bits per heavy atom. The second kappa shape index (κ2) is 9.22. The molecule has 0 aliphatic carbocycles. The van der Waals surface area contributed by atoms with E-state index < -0.39 is 11.8 Å². The summed E-state index contributed by atoms with van der Waals surface area (Å²) in [5.41, 5.74) is 4.30. The van der Waals surface area contributed by atoms with Gasteiger partial charge in [0.05, 0.1) is 13.3 Å². The van der Waals surface area contributed by atoms with Crippen LogP contribution in [0.15, 0.2) is 41.5 Å². The summed E-state index contributed by atoms with van der Waals surface area (Å²) in [5, 5.41) is 7.46. The number of anilines is 1. The lowest BCUT2D eigenvalue weighted by molar-refractivity contribution is -0.126. The highest BCUT2D eigenvalue weighted by molar-refractivity contribution is 6.31. The number of rotatable bonds is 6. The van der Waals surface area contributed by atoms with E-state index in [0.717, 1.165) is 5.56 Å². The molecule has 2 N–H and O–H groups in total. The topological polar surface area (TPSA) is 79.8 Å². The van der Waals surface area contributed by atoms with Crippen LogP contribution in [0.25, 0.3) is 0 Å². The molecule has 2 aromatic rings. The van der Waals surface area contributed by atoms with E-state index in [0.29, 0.717) is 27.0 Å². The van der Waals surface area contributed by atoms with Crippen molar-refractivity contribution in [2.45, 2.75) is 13.3 Å². The van der Waals surface area contributed by atoms with Gasteiger partial charge in [0.1, 0.15) is 12.2 Å². The lowest BCUT2D eigenvalue weighted by atomic mass is 10.2. The molecule has 2 amide bonds. The molecule has 0 saturated heterocycles. The average Bonchev–Trinajstić information content (AvgIpc) is 2.58. The van der Waals surface area contributed by atoms with Gasteiger partial charge in [-0.25, -0.2) is 5.43 Å². The summed E-state index contributed by atoms with van der Waals surface area (Å²) < 4.78 is 5.17. The molecule has 0 atom stereocenters. The van der Waals surface area contributed by atoms with E-state index in [1.54, 1.807) is 36.4 Å². The predicted octanol–water partition coefficient (Wildman–Crippen LogP) is 3.79. The summed E-state index contributed by atoms with van der Waals surface area (Å²) in [6.07, 6.45) is 1.01. The van der Waals surface area contributed by atoms with Crippen LogP contribution in [-0.2, 0) is 9.59 Å². The zero-order valence-electron chi connectivity index (χ0n) is 14.2. The van der Waals surface area contributed by atoms with Gasteiger partial charge in [-0.1, -0.05) is 29.3 Å². The van der Waals surface area contributed by atoms with Crippen LogP contribution in [0.5, 0.6) is 5.75 Å². The molecule has 0 unspecified atom stereocenters. The maximum atomic E-state index is 11.9. The third-order valence-corrected chi connectivity index (χ3v) is 4.00. The minimum absolute atomic E-state index is 0.379. The van der Waals surface area contributed by atoms with Crippen molar-refractivity contribution < 1.29 is 14.3 Å². The van der Waals surface area contributed by atoms with Gasteiger partial charge in [0.2, 0.25) is 11.8 Å². The molecular formula is C18H17Cl2N3O3. The fourth-order valence-corrected chi connectivity index (χ4v) is 2.40. The third-order valence-electron chi connectivity index (χ3n) is 3.36. The van der Waals surface area contributed by atoms with Crippen molar-refractivity contribution in [1.82, 2.24) is 5.43 Å². The van der Waals surface area contributed by atoms with Crippen LogP contribution in [0.4, 0.5) is 5.69 Å². The molecule has 6 nitrogen and oxygen atoms in total. The number of nitrogens with one attached hydrogen (secondary N) is 2. The van der Waals surface area contributed by atoms with Crippen LogP contribution in [0.1, 0.15) is 17.5 Å². The highest BCUT2D eigenvalue weighted by atomic mass is 35.5. The molecule has 0 bridgehead atoms. The summed E-state index contributed by atoms with van der Waals surface area (Å²) in [5.74, 6) is -0.475. The molecule has 2 aromatic carbocycles. The van der Waals surface area contributed by atoms with Crippen molar-refractivity contribution in [3.05, 3.63) is 57.6 Å². The van der Waals surface area contributed by atoms with Crippen LogP contribution in [-0.4, -0.2) is 25.1 Å². The Morgan fingerprint density at radius 1 is 1.15 bits per heavy atom. The molecule has 0 fully saturated rings. The summed E-state index contributed by atoms with van der Waals surface area (Å²) >= 11 is 11.9. The fourth-order valence-electron chi connectivity index (χ4n) is 2.04. The SMILES string of the molecule is COc1ccc(Cl)cc1C=NNC(=O)CC(=O)Nc1ccc(C)c(Cl)c1. The number of ether oxygens (including phenoxy) is 1. The first-order valence-electron chi connectivity index (χ1n) is 7.60. The van der Waals surface area contributed by atoms with Gasteiger partial charge in [-0.05, 0) is 42.8 Å². The lowest BCUT2D eigenvalue weighted by Crippen LogP contribution is -2.24. The number of methoxy groups -OCH3 is 1. The molecule has 26 heavy (non-hydrogen) atoms. The van der Waals surface area contributed by atoms with Crippen LogP contribution in [0, 0.1) is 6.92 Å². The van der Waals surface area contributed by atoms with Gasteiger partial charge in [-0.15, -0.1) is 0 Å². The number of nitrogens with zero attached hydrogens (tertiary/aromatic N) is 1. The molecule has 8 heteroatoms. The minimum atomic E-state index is -0.557. The number of hydrogen-bond acceptors (Lipinski definition) is 4. The molecule has 0 aliphatic heterocycles. The van der Waals surface area contributed by atoms with Crippen LogP contribution >= 0.6 is 23.2 Å². The van der Waals surface area contributed by atoms with E-state index in [-0.39, 0.29) is 6.42 Å². The standard InChI is InChI=1S/C18H17Cl2N3O3/c1-11-3-5-14(8-15(11)20)22-17(24)9-18(25)23-21-10-12-7-13(19)4-6-16(12)26-2/h3-8,10H,9H2,1-2H3,(H,22,24)(H,23,25). The molecular weight excluding hydrogens is 377 g/mol. The van der Waals surface area contributed by atoms with Gasteiger partial charge in [0.15, 0.2) is 0 Å². The predicted molar refractivity (Wildman–Crippen MR) is 103 cm³/mol. The Bertz CT molecular complexity index is 854. The number of hydrogen-bond donors (Lipinski definition) is 2. The number of aryl methyl sites for hydroxylation is 1. The van der Waals surface area contributed by atoms with Crippen molar-refractivity contribution in [3.8, 4) is 5.75 Å². The van der Waals surface area contributed by atoms with E-state index in [4.69, 9.17) is 27.9 Å². The quantitative estimate of drug-likeness (QED) is 0.445. The number of hydrazone groups is 1. The van der Waals surface area contributed by atoms with E-state index >= 15 is 0 Å². The molecule has 0 spiro atoms. The number of amides is 2. The van der Waals surface area contributed by atoms with E-state index in [1.807, 2.05) is 6.92 Å². The zero-order valence-corrected chi connectivity index (χ0v) is 15.7. The van der Waals surface area contributed by atoms with Gasteiger partial charge in [0, 0.05) is 21.3 Å². The highest BCUT2D eigenvalue weighted by Crippen LogP contribution is 2.21. The summed E-state index contributed by atoms with van der Waals surface area (Å²) in [6, 6.07) is 10.1. The van der Waals surface area contributed by atoms with Gasteiger partial charge in [-0.2, -0.15) is 5.10 Å². The third kappa shape index (κ3) is 5.75. The number of carbonyl (C=O) groups excluding carboxylic acids is 2. The maximum absolute atomic E-state index is 11.9. The number of halogens is 2.